The van der Waals surface area contributed by atoms with Gasteiger partial charge in [0.15, 0.2) is 11.0 Å². The maximum atomic E-state index is 12.6. The van der Waals surface area contributed by atoms with E-state index in [-0.39, 0.29) is 23.6 Å². The van der Waals surface area contributed by atoms with Gasteiger partial charge in [0.25, 0.3) is 5.91 Å². The normalized spacial score (nSPS) is 12.0. The van der Waals surface area contributed by atoms with E-state index in [0.29, 0.717) is 22.5 Å². The summed E-state index contributed by atoms with van der Waals surface area (Å²) in [6.45, 7) is 8.03. The van der Waals surface area contributed by atoms with Gasteiger partial charge in [0.2, 0.25) is 5.91 Å². The van der Waals surface area contributed by atoms with E-state index in [9.17, 15) is 9.59 Å². The number of hydrogen-bond donors (Lipinski definition) is 2. The quantitative estimate of drug-likeness (QED) is 0.288. The largest absolute Gasteiger partial charge is 0.342 e. The van der Waals surface area contributed by atoms with Gasteiger partial charge in [-0.2, -0.15) is 0 Å². The second-order valence-corrected chi connectivity index (χ2v) is 10.4. The Hall–Kier alpha value is -2.40. The fourth-order valence-electron chi connectivity index (χ4n) is 3.40. The van der Waals surface area contributed by atoms with Gasteiger partial charge < -0.3 is 15.2 Å². The van der Waals surface area contributed by atoms with E-state index < -0.39 is 0 Å². The maximum absolute atomic E-state index is 12.6. The highest BCUT2D eigenvalue weighted by atomic mass is 127. The highest BCUT2D eigenvalue weighted by molar-refractivity contribution is 14.1. The predicted molar refractivity (Wildman–Crippen MR) is 141 cm³/mol. The number of anilines is 1. The smallest absolute Gasteiger partial charge is 0.251 e. The summed E-state index contributed by atoms with van der Waals surface area (Å²) in [5.41, 5.74) is 3.57. The van der Waals surface area contributed by atoms with Crippen LogP contribution in [0.3, 0.4) is 0 Å². The number of nitrogens with one attached hydrogen (secondary N) is 2. The van der Waals surface area contributed by atoms with E-state index in [0.717, 1.165) is 20.4 Å². The van der Waals surface area contributed by atoms with Crippen LogP contribution in [0.5, 0.6) is 0 Å². The summed E-state index contributed by atoms with van der Waals surface area (Å²) in [6, 6.07) is 13.1. The molecule has 0 unspecified atom stereocenters. The van der Waals surface area contributed by atoms with E-state index in [4.69, 9.17) is 0 Å². The van der Waals surface area contributed by atoms with Crippen molar-refractivity contribution in [3.05, 3.63) is 68.5 Å². The number of amides is 2. The van der Waals surface area contributed by atoms with Gasteiger partial charge in [-0.15, -0.1) is 10.2 Å². The lowest BCUT2D eigenvalue weighted by atomic mass is 10.0. The first-order valence-corrected chi connectivity index (χ1v) is 12.7. The number of aryl methyl sites for hydroxylation is 1. The zero-order valence-electron chi connectivity index (χ0n) is 19.3. The molecule has 2 amide bonds. The zero-order chi connectivity index (χ0) is 24.1. The van der Waals surface area contributed by atoms with Gasteiger partial charge >= 0.3 is 0 Å². The number of carbonyl (C=O) groups is 2. The maximum Gasteiger partial charge on any atom is 0.251 e. The van der Waals surface area contributed by atoms with E-state index in [1.807, 2.05) is 55.8 Å². The van der Waals surface area contributed by atoms with Crippen LogP contribution in [0.25, 0.3) is 0 Å². The van der Waals surface area contributed by atoms with Crippen molar-refractivity contribution in [3.63, 3.8) is 0 Å². The monoisotopic (exact) mass is 577 g/mol. The molecule has 0 aliphatic rings. The molecule has 3 rings (SSSR count). The number of hydrogen-bond acceptors (Lipinski definition) is 5. The summed E-state index contributed by atoms with van der Waals surface area (Å²) >= 11 is 3.59. The molecule has 0 fully saturated rings. The van der Waals surface area contributed by atoms with Gasteiger partial charge in [0, 0.05) is 21.9 Å². The minimum atomic E-state index is -0.334. The van der Waals surface area contributed by atoms with Crippen LogP contribution < -0.4 is 10.6 Å². The van der Waals surface area contributed by atoms with Crippen molar-refractivity contribution < 1.29 is 9.59 Å². The standard InChI is InChI=1S/C24H28IN5O2S/c1-14(2)19-12-18(25)9-10-20(19)27-21(31)13-33-24-29-28-22(30(24)5)16(4)26-23(32)17-8-6-7-15(3)11-17/h6-12,14,16H,13H2,1-5H3,(H,26,32)(H,27,31)/t16-/m1/s1. The molecule has 33 heavy (non-hydrogen) atoms. The van der Waals surface area contributed by atoms with E-state index >= 15 is 0 Å². The third-order valence-corrected chi connectivity index (χ3v) is 6.82. The number of halogens is 1. The fraction of sp³-hybridized carbons (Fsp3) is 0.333. The van der Waals surface area contributed by atoms with Gasteiger partial charge in [0.1, 0.15) is 0 Å². The topological polar surface area (TPSA) is 88.9 Å². The lowest BCUT2D eigenvalue weighted by Crippen LogP contribution is -2.28. The molecule has 1 heterocycles. The lowest BCUT2D eigenvalue weighted by Gasteiger charge is -2.15. The first kappa shape index (κ1) is 25.2. The molecule has 0 aliphatic carbocycles. The van der Waals surface area contributed by atoms with E-state index in [1.54, 1.807) is 6.07 Å². The Balaban J connectivity index is 1.61. The summed E-state index contributed by atoms with van der Waals surface area (Å²) in [5, 5.41) is 15.0. The Morgan fingerprint density at radius 2 is 1.88 bits per heavy atom. The van der Waals surface area contributed by atoms with Gasteiger partial charge in [-0.25, -0.2) is 0 Å². The fourth-order valence-corrected chi connectivity index (χ4v) is 4.63. The highest BCUT2D eigenvalue weighted by Crippen LogP contribution is 2.27. The Morgan fingerprint density at radius 1 is 1.12 bits per heavy atom. The molecule has 3 aromatic rings. The minimum absolute atomic E-state index is 0.103. The lowest BCUT2D eigenvalue weighted by molar-refractivity contribution is -0.113. The summed E-state index contributed by atoms with van der Waals surface area (Å²) in [5.74, 6) is 0.869. The summed E-state index contributed by atoms with van der Waals surface area (Å²) in [6.07, 6.45) is 0. The van der Waals surface area contributed by atoms with Gasteiger partial charge in [0.05, 0.1) is 11.8 Å². The van der Waals surface area contributed by atoms with Crippen LogP contribution in [0.2, 0.25) is 0 Å². The molecule has 2 aromatic carbocycles. The van der Waals surface area contributed by atoms with Crippen LogP contribution in [0, 0.1) is 10.5 Å². The Bertz CT molecular complexity index is 1160. The van der Waals surface area contributed by atoms with Crippen molar-refractivity contribution in [1.29, 1.82) is 0 Å². The van der Waals surface area contributed by atoms with Crippen LogP contribution >= 0.6 is 34.4 Å². The average Bonchev–Trinajstić information content (AvgIpc) is 3.13. The molecule has 0 spiro atoms. The third kappa shape index (κ3) is 6.57. The second-order valence-electron chi connectivity index (χ2n) is 8.19. The molecule has 9 heteroatoms. The predicted octanol–water partition coefficient (Wildman–Crippen LogP) is 5.07. The van der Waals surface area contributed by atoms with Crippen LogP contribution in [0.4, 0.5) is 5.69 Å². The van der Waals surface area contributed by atoms with Crippen LogP contribution in [-0.4, -0.2) is 32.3 Å². The van der Waals surface area contributed by atoms with E-state index in [1.165, 1.54) is 11.8 Å². The summed E-state index contributed by atoms with van der Waals surface area (Å²) in [4.78, 5) is 25.1. The van der Waals surface area contributed by atoms with Gasteiger partial charge in [-0.05, 0) is 78.3 Å². The van der Waals surface area contributed by atoms with Crippen molar-refractivity contribution in [2.24, 2.45) is 7.05 Å². The summed E-state index contributed by atoms with van der Waals surface area (Å²) in [7, 11) is 1.83. The number of aromatic nitrogens is 3. The van der Waals surface area contributed by atoms with Gasteiger partial charge in [-0.1, -0.05) is 43.3 Å². The number of thioether (sulfide) groups is 1. The highest BCUT2D eigenvalue weighted by Gasteiger charge is 2.19. The SMILES string of the molecule is Cc1cccc(C(=O)N[C@H](C)c2nnc(SCC(=O)Nc3ccc(I)cc3C(C)C)n2C)c1. The van der Waals surface area contributed by atoms with Crippen LogP contribution in [-0.2, 0) is 11.8 Å². The number of carbonyl (C=O) groups excluding carboxylic acids is 2. The number of nitrogens with zero attached hydrogens (tertiary/aromatic N) is 3. The molecule has 174 valence electrons. The third-order valence-electron chi connectivity index (χ3n) is 5.13. The molecule has 0 saturated carbocycles. The number of rotatable bonds is 8. The molecule has 2 N–H and O–H groups in total. The van der Waals surface area contributed by atoms with E-state index in [2.05, 4.69) is 63.3 Å². The second kappa shape index (κ2) is 11.1. The van der Waals surface area contributed by atoms with Crippen molar-refractivity contribution in [2.75, 3.05) is 11.1 Å². The molecular weight excluding hydrogens is 549 g/mol. The first-order valence-electron chi connectivity index (χ1n) is 10.6. The molecule has 0 radical (unpaired) electrons. The molecule has 0 aliphatic heterocycles. The van der Waals surface area contributed by atoms with Crippen molar-refractivity contribution >= 4 is 51.9 Å². The Kier molecular flexibility index (Phi) is 8.52. The average molecular weight is 577 g/mol. The molecule has 1 atom stereocenters. The van der Waals surface area contributed by atoms with Gasteiger partial charge in [-0.3, -0.25) is 9.59 Å². The van der Waals surface area contributed by atoms with Crippen LogP contribution in [0.15, 0.2) is 47.6 Å². The Labute approximate surface area is 212 Å². The van der Waals surface area contributed by atoms with Crippen molar-refractivity contribution in [1.82, 2.24) is 20.1 Å². The zero-order valence-corrected chi connectivity index (χ0v) is 22.3. The first-order chi connectivity index (χ1) is 15.7. The molecule has 1 aromatic heterocycles. The Morgan fingerprint density at radius 3 is 2.58 bits per heavy atom. The molecule has 0 bridgehead atoms. The van der Waals surface area contributed by atoms with Crippen molar-refractivity contribution in [3.8, 4) is 0 Å². The summed E-state index contributed by atoms with van der Waals surface area (Å²) < 4.78 is 2.95. The molecular formula is C24H28IN5O2S. The van der Waals surface area contributed by atoms with Crippen LogP contribution in [0.1, 0.15) is 60.0 Å². The molecule has 7 nitrogen and oxygen atoms in total. The molecule has 0 saturated heterocycles. The minimum Gasteiger partial charge on any atom is -0.342 e. The number of benzene rings is 2. The van der Waals surface area contributed by atoms with Crippen molar-refractivity contribution in [2.45, 2.75) is 44.8 Å².